The van der Waals surface area contributed by atoms with Gasteiger partial charge in [0.25, 0.3) is 0 Å². The highest BCUT2D eigenvalue weighted by molar-refractivity contribution is 5.78. The third-order valence-electron chi connectivity index (χ3n) is 2.03. The van der Waals surface area contributed by atoms with Gasteiger partial charge in [-0.25, -0.2) is 4.39 Å². The van der Waals surface area contributed by atoms with Gasteiger partial charge in [-0.2, -0.15) is 0 Å². The summed E-state index contributed by atoms with van der Waals surface area (Å²) in [6.07, 6.45) is 1.49. The number of ketones is 1. The summed E-state index contributed by atoms with van der Waals surface area (Å²) in [6.45, 7) is 1.82. The van der Waals surface area contributed by atoms with Gasteiger partial charge in [0.05, 0.1) is 0 Å². The summed E-state index contributed by atoms with van der Waals surface area (Å²) in [5, 5.41) is 0. The molecule has 0 atom stereocenters. The molecule has 0 aliphatic carbocycles. The molecule has 1 rings (SSSR count). The summed E-state index contributed by atoms with van der Waals surface area (Å²) in [4.78, 5) is 11.0. The summed E-state index contributed by atoms with van der Waals surface area (Å²) in [6, 6.07) is 6.58. The lowest BCUT2D eigenvalue weighted by molar-refractivity contribution is -0.118. The molecule has 0 spiro atoms. The van der Waals surface area contributed by atoms with Crippen LogP contribution in [0.15, 0.2) is 24.3 Å². The normalized spacial score (nSPS) is 10.0. The maximum atomic E-state index is 13.0. The summed E-state index contributed by atoms with van der Waals surface area (Å²) in [5.74, 6) is -0.0327. The van der Waals surface area contributed by atoms with Crippen molar-refractivity contribution in [2.24, 2.45) is 0 Å². The molecule has 0 aromatic heterocycles. The second-order valence-electron chi connectivity index (χ2n) is 2.98. The van der Waals surface area contributed by atoms with Crippen LogP contribution in [0.5, 0.6) is 0 Å². The zero-order chi connectivity index (χ0) is 9.68. The molecule has 2 heteroatoms. The van der Waals surface area contributed by atoms with Crippen LogP contribution in [0.3, 0.4) is 0 Å². The summed E-state index contributed by atoms with van der Waals surface area (Å²) >= 11 is 0. The van der Waals surface area contributed by atoms with Crippen LogP contribution in [0.2, 0.25) is 0 Å². The van der Waals surface area contributed by atoms with Crippen molar-refractivity contribution in [3.05, 3.63) is 35.6 Å². The summed E-state index contributed by atoms with van der Waals surface area (Å²) in [5.41, 5.74) is 0.629. The molecule has 70 valence electrons. The Bertz CT molecular complexity index is 294. The van der Waals surface area contributed by atoms with Gasteiger partial charge in [-0.1, -0.05) is 25.1 Å². The minimum absolute atomic E-state index is 0.184. The average molecular weight is 180 g/mol. The Hall–Kier alpha value is -1.18. The smallest absolute Gasteiger partial charge is 0.132 e. The Labute approximate surface area is 77.6 Å². The molecule has 1 nitrogen and oxygen atoms in total. The topological polar surface area (TPSA) is 17.1 Å². The van der Waals surface area contributed by atoms with Gasteiger partial charge in [-0.05, 0) is 18.1 Å². The van der Waals surface area contributed by atoms with Crippen molar-refractivity contribution in [3.8, 4) is 0 Å². The molecule has 0 aliphatic rings. The second-order valence-corrected chi connectivity index (χ2v) is 2.98. The van der Waals surface area contributed by atoms with Crippen LogP contribution < -0.4 is 0 Å². The average Bonchev–Trinajstić information content (AvgIpc) is 2.16. The molecule has 0 amide bonds. The fourth-order valence-electron chi connectivity index (χ4n) is 1.15. The van der Waals surface area contributed by atoms with Crippen LogP contribution in [-0.2, 0) is 11.2 Å². The quantitative estimate of drug-likeness (QED) is 0.696. The predicted octanol–water partition coefficient (Wildman–Crippen LogP) is 2.74. The Morgan fingerprint density at radius 1 is 1.38 bits per heavy atom. The van der Waals surface area contributed by atoms with Gasteiger partial charge in [-0.15, -0.1) is 0 Å². The molecular weight excluding hydrogens is 167 g/mol. The highest BCUT2D eigenvalue weighted by atomic mass is 19.1. The number of halogens is 1. The van der Waals surface area contributed by atoms with E-state index in [-0.39, 0.29) is 11.6 Å². The first-order valence-electron chi connectivity index (χ1n) is 4.49. The van der Waals surface area contributed by atoms with Crippen LogP contribution >= 0.6 is 0 Å². The number of hydrogen-bond donors (Lipinski definition) is 0. The standard InChI is InChI=1S/C11H13FO/c1-2-10(13)8-7-9-5-3-4-6-11(9)12/h3-6H,2,7-8H2,1H3. The Morgan fingerprint density at radius 3 is 2.69 bits per heavy atom. The van der Waals surface area contributed by atoms with Crippen molar-refractivity contribution < 1.29 is 9.18 Å². The SMILES string of the molecule is CCC(=O)CCc1ccccc1F. The zero-order valence-electron chi connectivity index (χ0n) is 7.72. The zero-order valence-corrected chi connectivity index (χ0v) is 7.72. The van der Waals surface area contributed by atoms with Crippen LogP contribution in [0.25, 0.3) is 0 Å². The van der Waals surface area contributed by atoms with Crippen LogP contribution in [-0.4, -0.2) is 5.78 Å². The van der Waals surface area contributed by atoms with Gasteiger partial charge in [0.1, 0.15) is 11.6 Å². The molecule has 0 heterocycles. The van der Waals surface area contributed by atoms with Crippen LogP contribution in [0.4, 0.5) is 4.39 Å². The second kappa shape index (κ2) is 4.75. The lowest BCUT2D eigenvalue weighted by Crippen LogP contribution is -1.99. The molecule has 0 aliphatic heterocycles. The fourth-order valence-corrected chi connectivity index (χ4v) is 1.15. The Kier molecular flexibility index (Phi) is 3.62. The van der Waals surface area contributed by atoms with E-state index < -0.39 is 0 Å². The maximum absolute atomic E-state index is 13.0. The monoisotopic (exact) mass is 180 g/mol. The van der Waals surface area contributed by atoms with E-state index in [1.54, 1.807) is 18.2 Å². The van der Waals surface area contributed by atoms with Gasteiger partial charge >= 0.3 is 0 Å². The molecule has 1 aromatic rings. The first-order valence-corrected chi connectivity index (χ1v) is 4.49. The Balaban J connectivity index is 2.54. The molecule has 1 aromatic carbocycles. The largest absolute Gasteiger partial charge is 0.300 e. The predicted molar refractivity (Wildman–Crippen MR) is 50.0 cm³/mol. The minimum Gasteiger partial charge on any atom is -0.300 e. The Morgan fingerprint density at radius 2 is 2.08 bits per heavy atom. The number of Topliss-reactive ketones (excluding diaryl/α,β-unsaturated/α-hetero) is 1. The number of benzene rings is 1. The lowest BCUT2D eigenvalue weighted by atomic mass is 10.1. The number of carbonyl (C=O) groups is 1. The van der Waals surface area contributed by atoms with E-state index >= 15 is 0 Å². The van der Waals surface area contributed by atoms with E-state index in [1.807, 2.05) is 6.92 Å². The van der Waals surface area contributed by atoms with Crippen molar-refractivity contribution in [1.82, 2.24) is 0 Å². The highest BCUT2D eigenvalue weighted by Crippen LogP contribution is 2.09. The molecule has 0 bridgehead atoms. The van der Waals surface area contributed by atoms with Crippen LogP contribution in [0, 0.1) is 5.82 Å². The molecule has 0 radical (unpaired) electrons. The fraction of sp³-hybridized carbons (Fsp3) is 0.364. The maximum Gasteiger partial charge on any atom is 0.132 e. The van der Waals surface area contributed by atoms with E-state index in [1.165, 1.54) is 6.07 Å². The van der Waals surface area contributed by atoms with Gasteiger partial charge in [0.2, 0.25) is 0 Å². The van der Waals surface area contributed by atoms with E-state index in [4.69, 9.17) is 0 Å². The third-order valence-corrected chi connectivity index (χ3v) is 2.03. The van der Waals surface area contributed by atoms with Crippen molar-refractivity contribution in [2.75, 3.05) is 0 Å². The van der Waals surface area contributed by atoms with E-state index in [0.29, 0.717) is 24.8 Å². The number of aryl methyl sites for hydroxylation is 1. The van der Waals surface area contributed by atoms with Crippen molar-refractivity contribution in [1.29, 1.82) is 0 Å². The summed E-state index contributed by atoms with van der Waals surface area (Å²) in [7, 11) is 0. The van der Waals surface area contributed by atoms with Crippen molar-refractivity contribution in [2.45, 2.75) is 26.2 Å². The van der Waals surface area contributed by atoms with Gasteiger partial charge in [0, 0.05) is 12.8 Å². The van der Waals surface area contributed by atoms with E-state index in [0.717, 1.165) is 0 Å². The molecule has 0 N–H and O–H groups in total. The molecule has 13 heavy (non-hydrogen) atoms. The first kappa shape index (κ1) is 9.90. The van der Waals surface area contributed by atoms with Crippen LogP contribution in [0.1, 0.15) is 25.3 Å². The third kappa shape index (κ3) is 2.98. The van der Waals surface area contributed by atoms with Crippen molar-refractivity contribution in [3.63, 3.8) is 0 Å². The number of carbonyl (C=O) groups excluding carboxylic acids is 1. The lowest BCUT2D eigenvalue weighted by Gasteiger charge is -2.00. The molecular formula is C11H13FO. The van der Waals surface area contributed by atoms with E-state index in [2.05, 4.69) is 0 Å². The van der Waals surface area contributed by atoms with Gasteiger partial charge in [0.15, 0.2) is 0 Å². The van der Waals surface area contributed by atoms with E-state index in [9.17, 15) is 9.18 Å². The first-order chi connectivity index (χ1) is 6.24. The van der Waals surface area contributed by atoms with Gasteiger partial charge in [-0.3, -0.25) is 4.79 Å². The number of rotatable bonds is 4. The molecule has 0 unspecified atom stereocenters. The minimum atomic E-state index is -0.216. The van der Waals surface area contributed by atoms with Gasteiger partial charge < -0.3 is 0 Å². The summed E-state index contributed by atoms with van der Waals surface area (Å²) < 4.78 is 13.0. The molecule has 0 fully saturated rings. The highest BCUT2D eigenvalue weighted by Gasteiger charge is 2.03. The van der Waals surface area contributed by atoms with Crippen molar-refractivity contribution >= 4 is 5.78 Å². The molecule has 0 saturated carbocycles. The molecule has 0 saturated heterocycles. The number of hydrogen-bond acceptors (Lipinski definition) is 1.